The van der Waals surface area contributed by atoms with Gasteiger partial charge in [-0.05, 0) is 39.3 Å². The van der Waals surface area contributed by atoms with Crippen molar-refractivity contribution >= 4 is 22.7 Å². The number of ether oxygens (including phenoxy) is 1. The van der Waals surface area contributed by atoms with Gasteiger partial charge in [0.1, 0.15) is 12.1 Å². The highest BCUT2D eigenvalue weighted by Gasteiger charge is 2.15. The van der Waals surface area contributed by atoms with E-state index in [-0.39, 0.29) is 24.1 Å². The van der Waals surface area contributed by atoms with Crippen LogP contribution >= 0.6 is 0 Å². The van der Waals surface area contributed by atoms with Crippen molar-refractivity contribution in [2.24, 2.45) is 5.16 Å². The van der Waals surface area contributed by atoms with Gasteiger partial charge < -0.3 is 20.3 Å². The van der Waals surface area contributed by atoms with Crippen LogP contribution in [0.15, 0.2) is 9.95 Å². The Hall–Kier alpha value is -2.62. The summed E-state index contributed by atoms with van der Waals surface area (Å²) in [6, 6.07) is 0.169. The Balaban J connectivity index is 1.67. The summed E-state index contributed by atoms with van der Waals surface area (Å²) >= 11 is 0. The molecule has 28 heavy (non-hydrogen) atoms. The second-order valence-corrected chi connectivity index (χ2v) is 7.02. The van der Waals surface area contributed by atoms with Crippen LogP contribution in [0.25, 0.3) is 11.2 Å². The Labute approximate surface area is 163 Å². The molecule has 1 saturated heterocycles. The molecule has 2 aromatic heterocycles. The van der Waals surface area contributed by atoms with Gasteiger partial charge in [-0.25, -0.2) is 4.79 Å². The van der Waals surface area contributed by atoms with E-state index in [9.17, 15) is 4.79 Å². The molecule has 0 aromatic carbocycles. The minimum atomic E-state index is -0.326. The standard InChI is InChI=1S/C18H29N7O3/c1-3-4-10-27-17-21-15(19)14-16(22-17)25(18(26)20-14)12-13(2)23-28-11-9-24-7-5-6-8-24/h3-12H2,1-2H3,(H,20,26)(H2,19,21,22)/b23-13+. The van der Waals surface area contributed by atoms with E-state index >= 15 is 0 Å². The van der Waals surface area contributed by atoms with Gasteiger partial charge in [0.2, 0.25) is 0 Å². The number of likely N-dealkylation sites (tertiary alicyclic amines) is 1. The number of imidazole rings is 1. The number of nitrogen functional groups attached to an aromatic ring is 1. The molecule has 0 atom stereocenters. The summed E-state index contributed by atoms with van der Waals surface area (Å²) in [7, 11) is 0. The zero-order chi connectivity index (χ0) is 19.9. The van der Waals surface area contributed by atoms with Crippen LogP contribution in [0.4, 0.5) is 5.82 Å². The maximum Gasteiger partial charge on any atom is 0.328 e. The summed E-state index contributed by atoms with van der Waals surface area (Å²) in [6.07, 6.45) is 4.39. The summed E-state index contributed by atoms with van der Waals surface area (Å²) in [5.74, 6) is 0.184. The Morgan fingerprint density at radius 3 is 2.82 bits per heavy atom. The van der Waals surface area contributed by atoms with E-state index in [1.54, 1.807) is 0 Å². The van der Waals surface area contributed by atoms with Crippen molar-refractivity contribution in [3.63, 3.8) is 0 Å². The average Bonchev–Trinajstić information content (AvgIpc) is 3.29. The number of H-pyrrole nitrogens is 1. The van der Waals surface area contributed by atoms with Crippen LogP contribution in [0.2, 0.25) is 0 Å². The number of fused-ring (bicyclic) bond motifs is 1. The molecule has 3 N–H and O–H groups in total. The van der Waals surface area contributed by atoms with Crippen molar-refractivity contribution in [2.45, 2.75) is 46.1 Å². The van der Waals surface area contributed by atoms with Gasteiger partial charge in [0.05, 0.1) is 18.9 Å². The third-order valence-corrected chi connectivity index (χ3v) is 4.66. The molecular formula is C18H29N7O3. The van der Waals surface area contributed by atoms with Crippen molar-refractivity contribution in [1.82, 2.24) is 24.4 Å². The number of hydrogen-bond donors (Lipinski definition) is 2. The SMILES string of the molecule is CCCCOc1nc(N)c2[nH]c(=O)n(C/C(C)=N/OCCN3CCCC3)c2n1. The number of oxime groups is 1. The van der Waals surface area contributed by atoms with Crippen molar-refractivity contribution in [1.29, 1.82) is 0 Å². The van der Waals surface area contributed by atoms with Gasteiger partial charge in [0.25, 0.3) is 0 Å². The van der Waals surface area contributed by atoms with Gasteiger partial charge in [0.15, 0.2) is 11.5 Å². The fourth-order valence-electron chi connectivity index (χ4n) is 3.14. The molecule has 0 radical (unpaired) electrons. The molecule has 1 fully saturated rings. The van der Waals surface area contributed by atoms with Gasteiger partial charge >= 0.3 is 11.7 Å². The van der Waals surface area contributed by atoms with Gasteiger partial charge in [-0.15, -0.1) is 0 Å². The number of aromatic nitrogens is 4. The number of unbranched alkanes of at least 4 members (excludes halogenated alkanes) is 1. The van der Waals surface area contributed by atoms with Gasteiger partial charge in [-0.2, -0.15) is 9.97 Å². The molecule has 154 valence electrons. The zero-order valence-electron chi connectivity index (χ0n) is 16.6. The van der Waals surface area contributed by atoms with E-state index in [0.29, 0.717) is 30.1 Å². The van der Waals surface area contributed by atoms with Crippen molar-refractivity contribution in [2.75, 3.05) is 38.6 Å². The lowest BCUT2D eigenvalue weighted by atomic mass is 10.4. The van der Waals surface area contributed by atoms with Crippen molar-refractivity contribution < 1.29 is 9.57 Å². The van der Waals surface area contributed by atoms with Crippen LogP contribution in [-0.2, 0) is 11.4 Å². The summed E-state index contributed by atoms with van der Waals surface area (Å²) in [4.78, 5) is 31.3. The van der Waals surface area contributed by atoms with E-state index in [0.717, 1.165) is 32.5 Å². The predicted molar refractivity (Wildman–Crippen MR) is 108 cm³/mol. The third kappa shape index (κ3) is 5.00. The van der Waals surface area contributed by atoms with Crippen LogP contribution < -0.4 is 16.2 Å². The first-order chi connectivity index (χ1) is 13.6. The van der Waals surface area contributed by atoms with E-state index in [4.69, 9.17) is 15.3 Å². The van der Waals surface area contributed by atoms with Crippen LogP contribution in [0.3, 0.4) is 0 Å². The van der Waals surface area contributed by atoms with E-state index < -0.39 is 0 Å². The van der Waals surface area contributed by atoms with E-state index in [2.05, 4.69) is 31.9 Å². The number of hydrogen-bond acceptors (Lipinski definition) is 8. The van der Waals surface area contributed by atoms with Crippen molar-refractivity contribution in [3.05, 3.63) is 10.5 Å². The highest BCUT2D eigenvalue weighted by molar-refractivity contribution is 5.85. The molecule has 0 unspecified atom stereocenters. The number of nitrogens with zero attached hydrogens (tertiary/aromatic N) is 5. The smallest absolute Gasteiger partial charge is 0.328 e. The number of aromatic amines is 1. The van der Waals surface area contributed by atoms with Gasteiger partial charge in [-0.3, -0.25) is 9.47 Å². The van der Waals surface area contributed by atoms with Crippen LogP contribution in [0, 0.1) is 0 Å². The molecule has 3 heterocycles. The lowest BCUT2D eigenvalue weighted by Gasteiger charge is -2.13. The van der Waals surface area contributed by atoms with E-state index in [1.807, 2.05) is 6.92 Å². The molecule has 0 amide bonds. The zero-order valence-corrected chi connectivity index (χ0v) is 16.6. The normalized spacial score (nSPS) is 15.4. The molecule has 1 aliphatic heterocycles. The van der Waals surface area contributed by atoms with E-state index in [1.165, 1.54) is 17.4 Å². The molecule has 0 bridgehead atoms. The fraction of sp³-hybridized carbons (Fsp3) is 0.667. The largest absolute Gasteiger partial charge is 0.463 e. The van der Waals surface area contributed by atoms with Gasteiger partial charge in [-0.1, -0.05) is 18.5 Å². The summed E-state index contributed by atoms with van der Waals surface area (Å²) in [5, 5.41) is 4.12. The molecule has 1 aliphatic rings. The molecule has 0 aliphatic carbocycles. The third-order valence-electron chi connectivity index (χ3n) is 4.66. The second-order valence-electron chi connectivity index (χ2n) is 7.02. The van der Waals surface area contributed by atoms with Crippen LogP contribution in [-0.4, -0.2) is 63.0 Å². The lowest BCUT2D eigenvalue weighted by molar-refractivity contribution is 0.118. The lowest BCUT2D eigenvalue weighted by Crippen LogP contribution is -2.24. The molecule has 10 heteroatoms. The Morgan fingerprint density at radius 2 is 2.07 bits per heavy atom. The molecule has 2 aromatic rings. The number of anilines is 1. The average molecular weight is 391 g/mol. The Bertz CT molecular complexity index is 868. The maximum atomic E-state index is 12.3. The minimum Gasteiger partial charge on any atom is -0.463 e. The molecule has 10 nitrogen and oxygen atoms in total. The van der Waals surface area contributed by atoms with Crippen LogP contribution in [0.5, 0.6) is 6.01 Å². The first-order valence-corrected chi connectivity index (χ1v) is 9.85. The molecule has 3 rings (SSSR count). The highest BCUT2D eigenvalue weighted by Crippen LogP contribution is 2.18. The van der Waals surface area contributed by atoms with Gasteiger partial charge in [0, 0.05) is 6.54 Å². The monoisotopic (exact) mass is 391 g/mol. The summed E-state index contributed by atoms with van der Waals surface area (Å²) in [6.45, 7) is 8.28. The first-order valence-electron chi connectivity index (χ1n) is 9.85. The van der Waals surface area contributed by atoms with Crippen molar-refractivity contribution in [3.8, 4) is 6.01 Å². The number of rotatable bonds is 10. The summed E-state index contributed by atoms with van der Waals surface area (Å²) in [5.41, 5.74) is 7.09. The Morgan fingerprint density at radius 1 is 1.29 bits per heavy atom. The Kier molecular flexibility index (Phi) is 6.85. The second kappa shape index (κ2) is 9.54. The number of nitrogens with two attached hydrogens (primary N) is 1. The molecule has 0 saturated carbocycles. The maximum absolute atomic E-state index is 12.3. The first kappa shape index (κ1) is 20.1. The minimum absolute atomic E-state index is 0.169. The summed E-state index contributed by atoms with van der Waals surface area (Å²) < 4.78 is 7.00. The molecule has 0 spiro atoms. The number of nitrogens with one attached hydrogen (secondary N) is 1. The highest BCUT2D eigenvalue weighted by atomic mass is 16.6. The quantitative estimate of drug-likeness (QED) is 0.356. The topological polar surface area (TPSA) is 124 Å². The van der Waals surface area contributed by atoms with Crippen LogP contribution in [0.1, 0.15) is 39.5 Å². The molecular weight excluding hydrogens is 362 g/mol. The predicted octanol–water partition coefficient (Wildman–Crippen LogP) is 1.37. The fourth-order valence-corrected chi connectivity index (χ4v) is 3.14.